The largest absolute Gasteiger partial charge is 0.381 e. The van der Waals surface area contributed by atoms with E-state index in [4.69, 9.17) is 4.74 Å². The Hall–Kier alpha value is -0.380. The van der Waals surface area contributed by atoms with Crippen LogP contribution in [0.4, 0.5) is 0 Å². The fourth-order valence-electron chi connectivity index (χ4n) is 2.29. The molecule has 2 unspecified atom stereocenters. The first kappa shape index (κ1) is 12.1. The summed E-state index contributed by atoms with van der Waals surface area (Å²) in [6, 6.07) is 8.98. The zero-order valence-electron chi connectivity index (χ0n) is 9.58. The third-order valence-corrected chi connectivity index (χ3v) is 3.56. The van der Waals surface area contributed by atoms with Crippen LogP contribution in [0.25, 0.3) is 0 Å². The van der Waals surface area contributed by atoms with Crippen LogP contribution in [0.15, 0.2) is 28.7 Å². The van der Waals surface area contributed by atoms with Crippen molar-refractivity contribution in [3.05, 3.63) is 34.3 Å². The van der Waals surface area contributed by atoms with Crippen LogP contribution in [0, 0.1) is 5.92 Å². The monoisotopic (exact) mass is 283 g/mol. The van der Waals surface area contributed by atoms with Crippen LogP contribution in [-0.4, -0.2) is 19.8 Å². The summed E-state index contributed by atoms with van der Waals surface area (Å²) in [5.74, 6) is 0.606. The molecule has 0 radical (unpaired) electrons. The Balaban J connectivity index is 2.17. The van der Waals surface area contributed by atoms with Crippen molar-refractivity contribution in [2.75, 3.05) is 19.8 Å². The molecule has 0 saturated carbocycles. The normalized spacial score (nSPS) is 22.2. The van der Waals surface area contributed by atoms with Gasteiger partial charge in [-0.15, -0.1) is 0 Å². The molecule has 3 heteroatoms. The molecule has 0 spiro atoms. The molecule has 2 rings (SSSR count). The van der Waals surface area contributed by atoms with Gasteiger partial charge in [0, 0.05) is 23.0 Å². The zero-order chi connectivity index (χ0) is 11.4. The lowest BCUT2D eigenvalue weighted by Gasteiger charge is -2.23. The Kier molecular flexibility index (Phi) is 4.38. The highest BCUT2D eigenvalue weighted by molar-refractivity contribution is 9.10. The summed E-state index contributed by atoms with van der Waals surface area (Å²) in [6.45, 7) is 4.93. The summed E-state index contributed by atoms with van der Waals surface area (Å²) in [7, 11) is 0. The molecule has 2 atom stereocenters. The third kappa shape index (κ3) is 2.84. The van der Waals surface area contributed by atoms with Crippen LogP contribution in [-0.2, 0) is 4.74 Å². The van der Waals surface area contributed by atoms with Gasteiger partial charge in [0.25, 0.3) is 0 Å². The van der Waals surface area contributed by atoms with Crippen LogP contribution in [0.1, 0.15) is 24.9 Å². The van der Waals surface area contributed by atoms with Crippen molar-refractivity contribution in [1.29, 1.82) is 0 Å². The Morgan fingerprint density at radius 2 is 2.44 bits per heavy atom. The molecule has 16 heavy (non-hydrogen) atoms. The highest BCUT2D eigenvalue weighted by atomic mass is 79.9. The number of hydrogen-bond donors (Lipinski definition) is 1. The van der Waals surface area contributed by atoms with Crippen molar-refractivity contribution in [3.8, 4) is 0 Å². The van der Waals surface area contributed by atoms with E-state index in [1.54, 1.807) is 0 Å². The van der Waals surface area contributed by atoms with Crippen molar-refractivity contribution in [1.82, 2.24) is 5.32 Å². The number of hydrogen-bond acceptors (Lipinski definition) is 2. The molecule has 1 aromatic rings. The second kappa shape index (κ2) is 5.80. The summed E-state index contributed by atoms with van der Waals surface area (Å²) < 4.78 is 6.63. The van der Waals surface area contributed by atoms with Crippen LogP contribution in [0.2, 0.25) is 0 Å². The maximum absolute atomic E-state index is 5.48. The maximum atomic E-state index is 5.48. The van der Waals surface area contributed by atoms with Gasteiger partial charge in [-0.25, -0.2) is 0 Å². The summed E-state index contributed by atoms with van der Waals surface area (Å²) in [6.07, 6.45) is 1.16. The van der Waals surface area contributed by atoms with E-state index in [9.17, 15) is 0 Å². The zero-order valence-corrected chi connectivity index (χ0v) is 11.2. The quantitative estimate of drug-likeness (QED) is 0.917. The van der Waals surface area contributed by atoms with E-state index in [1.807, 2.05) is 0 Å². The molecule has 1 fully saturated rings. The second-order valence-electron chi connectivity index (χ2n) is 4.21. The van der Waals surface area contributed by atoms with E-state index < -0.39 is 0 Å². The summed E-state index contributed by atoms with van der Waals surface area (Å²) >= 11 is 3.53. The summed E-state index contributed by atoms with van der Waals surface area (Å²) in [4.78, 5) is 0. The van der Waals surface area contributed by atoms with E-state index in [0.29, 0.717) is 12.0 Å². The van der Waals surface area contributed by atoms with Gasteiger partial charge in [0.05, 0.1) is 6.61 Å². The first-order valence-electron chi connectivity index (χ1n) is 5.88. The van der Waals surface area contributed by atoms with Gasteiger partial charge >= 0.3 is 0 Å². The number of rotatable bonds is 4. The fraction of sp³-hybridized carbons (Fsp3) is 0.538. The molecule has 1 saturated heterocycles. The second-order valence-corrected chi connectivity index (χ2v) is 5.13. The Labute approximate surface area is 106 Å². The number of ether oxygens (including phenoxy) is 1. The van der Waals surface area contributed by atoms with Gasteiger partial charge in [0.1, 0.15) is 0 Å². The molecule has 1 aliphatic heterocycles. The van der Waals surface area contributed by atoms with Crippen LogP contribution in [0.5, 0.6) is 0 Å². The first-order valence-corrected chi connectivity index (χ1v) is 6.67. The predicted octanol–water partition coefficient (Wildman–Crippen LogP) is 3.14. The molecule has 88 valence electrons. The van der Waals surface area contributed by atoms with Gasteiger partial charge in [-0.2, -0.15) is 0 Å². The Bertz CT molecular complexity index is 336. The highest BCUT2D eigenvalue weighted by Crippen LogP contribution is 2.29. The first-order chi connectivity index (χ1) is 7.81. The smallest absolute Gasteiger partial charge is 0.0513 e. The fourth-order valence-corrected chi connectivity index (χ4v) is 2.71. The topological polar surface area (TPSA) is 21.3 Å². The van der Waals surface area contributed by atoms with Crippen molar-refractivity contribution < 1.29 is 4.74 Å². The molecule has 1 aliphatic rings. The maximum Gasteiger partial charge on any atom is 0.0513 e. The molecule has 0 aliphatic carbocycles. The van der Waals surface area contributed by atoms with Crippen LogP contribution < -0.4 is 5.32 Å². The van der Waals surface area contributed by atoms with Crippen molar-refractivity contribution in [2.24, 2.45) is 5.92 Å². The van der Waals surface area contributed by atoms with E-state index in [0.717, 1.165) is 30.7 Å². The van der Waals surface area contributed by atoms with E-state index >= 15 is 0 Å². The van der Waals surface area contributed by atoms with Gasteiger partial charge in [-0.3, -0.25) is 0 Å². The van der Waals surface area contributed by atoms with Crippen molar-refractivity contribution in [2.45, 2.75) is 19.4 Å². The van der Waals surface area contributed by atoms with Gasteiger partial charge < -0.3 is 10.1 Å². The summed E-state index contributed by atoms with van der Waals surface area (Å²) in [5, 5.41) is 3.57. The molecule has 0 bridgehead atoms. The van der Waals surface area contributed by atoms with Crippen LogP contribution in [0.3, 0.4) is 0 Å². The molecule has 2 nitrogen and oxygen atoms in total. The SMILES string of the molecule is CCNC(c1cccc(Br)c1)C1CCOC1. The lowest BCUT2D eigenvalue weighted by molar-refractivity contribution is 0.177. The number of nitrogens with one attached hydrogen (secondary N) is 1. The van der Waals surface area contributed by atoms with Gasteiger partial charge in [-0.1, -0.05) is 35.0 Å². The van der Waals surface area contributed by atoms with Crippen LogP contribution >= 0.6 is 15.9 Å². The molecule has 1 aromatic carbocycles. The minimum Gasteiger partial charge on any atom is -0.381 e. The minimum absolute atomic E-state index is 0.421. The standard InChI is InChI=1S/C13H18BrNO/c1-2-15-13(11-6-7-16-9-11)10-4-3-5-12(14)8-10/h3-5,8,11,13,15H,2,6-7,9H2,1H3. The lowest BCUT2D eigenvalue weighted by Crippen LogP contribution is -2.28. The van der Waals surface area contributed by atoms with E-state index in [1.165, 1.54) is 5.56 Å². The van der Waals surface area contributed by atoms with Crippen molar-refractivity contribution in [3.63, 3.8) is 0 Å². The van der Waals surface area contributed by atoms with E-state index in [2.05, 4.69) is 52.4 Å². The predicted molar refractivity (Wildman–Crippen MR) is 69.5 cm³/mol. The molecule has 0 amide bonds. The average molecular weight is 284 g/mol. The molecular formula is C13H18BrNO. The lowest BCUT2D eigenvalue weighted by atomic mass is 9.92. The Morgan fingerprint density at radius 3 is 3.06 bits per heavy atom. The number of halogens is 1. The van der Waals surface area contributed by atoms with Gasteiger partial charge in [-0.05, 0) is 30.7 Å². The molecule has 1 N–H and O–H groups in total. The van der Waals surface area contributed by atoms with Gasteiger partial charge in [0.2, 0.25) is 0 Å². The highest BCUT2D eigenvalue weighted by Gasteiger charge is 2.26. The number of benzene rings is 1. The average Bonchev–Trinajstić information content (AvgIpc) is 2.79. The molecule has 1 heterocycles. The van der Waals surface area contributed by atoms with Gasteiger partial charge in [0.15, 0.2) is 0 Å². The summed E-state index contributed by atoms with van der Waals surface area (Å²) in [5.41, 5.74) is 1.35. The molecular weight excluding hydrogens is 266 g/mol. The molecule has 0 aromatic heterocycles. The minimum atomic E-state index is 0.421. The van der Waals surface area contributed by atoms with Crippen molar-refractivity contribution >= 4 is 15.9 Å². The van der Waals surface area contributed by atoms with E-state index in [-0.39, 0.29) is 0 Å². The Morgan fingerprint density at radius 1 is 1.56 bits per heavy atom. The third-order valence-electron chi connectivity index (χ3n) is 3.07.